The number of halogens is 2. The molecule has 2 rings (SSSR count). The molecule has 0 bridgehead atoms. The van der Waals surface area contributed by atoms with E-state index in [9.17, 15) is 0 Å². The summed E-state index contributed by atoms with van der Waals surface area (Å²) in [5.41, 5.74) is 3.13. The Kier molecular flexibility index (Phi) is 5.07. The van der Waals surface area contributed by atoms with Crippen molar-refractivity contribution in [2.45, 2.75) is 33.1 Å². The molecule has 0 aliphatic heterocycles. The third-order valence-corrected chi connectivity index (χ3v) is 3.95. The average molecular weight is 324 g/mol. The summed E-state index contributed by atoms with van der Waals surface area (Å²) < 4.78 is 0. The highest BCUT2D eigenvalue weighted by Gasteiger charge is 2.14. The Hall–Kier alpha value is -1.32. The zero-order chi connectivity index (χ0) is 15.6. The summed E-state index contributed by atoms with van der Waals surface area (Å²) in [6.07, 6.45) is 0.587. The van der Waals surface area contributed by atoms with Crippen LogP contribution in [0.5, 0.6) is 0 Å². The van der Waals surface area contributed by atoms with Gasteiger partial charge in [0.05, 0.1) is 0 Å². The van der Waals surface area contributed by atoms with Crippen LogP contribution in [0.25, 0.3) is 0 Å². The van der Waals surface area contributed by atoms with Crippen LogP contribution in [-0.4, -0.2) is 17.0 Å². The molecule has 0 unspecified atom stereocenters. The van der Waals surface area contributed by atoms with Gasteiger partial charge in [0.1, 0.15) is 11.6 Å². The number of hydrogen-bond donors (Lipinski definition) is 1. The van der Waals surface area contributed by atoms with Crippen molar-refractivity contribution >= 4 is 29.0 Å². The third-order valence-electron chi connectivity index (χ3n) is 3.36. The van der Waals surface area contributed by atoms with Crippen molar-refractivity contribution in [1.82, 2.24) is 9.97 Å². The van der Waals surface area contributed by atoms with Gasteiger partial charge < -0.3 is 5.32 Å². The van der Waals surface area contributed by atoms with E-state index in [0.717, 1.165) is 28.5 Å². The molecule has 1 aromatic heterocycles. The van der Waals surface area contributed by atoms with Crippen molar-refractivity contribution in [1.29, 1.82) is 0 Å². The zero-order valence-corrected chi connectivity index (χ0v) is 14.2. The molecule has 1 aromatic carbocycles. The number of aryl methyl sites for hydroxylation is 1. The molecule has 0 amide bonds. The number of nitrogens with zero attached hydrogens (tertiary/aromatic N) is 2. The van der Waals surface area contributed by atoms with Crippen LogP contribution < -0.4 is 5.32 Å². The van der Waals surface area contributed by atoms with E-state index < -0.39 is 0 Å². The quantitative estimate of drug-likeness (QED) is 0.874. The molecule has 21 heavy (non-hydrogen) atoms. The fraction of sp³-hybridized carbons (Fsp3) is 0.375. The van der Waals surface area contributed by atoms with E-state index in [4.69, 9.17) is 23.2 Å². The Bertz CT molecular complexity index is 654. The predicted octanol–water partition coefficient (Wildman–Crippen LogP) is 4.85. The lowest BCUT2D eigenvalue weighted by Gasteiger charge is -2.15. The van der Waals surface area contributed by atoms with E-state index >= 15 is 0 Å². The molecular weight excluding hydrogens is 305 g/mol. The van der Waals surface area contributed by atoms with Gasteiger partial charge in [-0.2, -0.15) is 0 Å². The third kappa shape index (κ3) is 3.66. The fourth-order valence-corrected chi connectivity index (χ4v) is 2.91. The standard InChI is InChI=1S/C16H19Cl2N3/c1-9(2)15-10(3)20-14(21-16(15)19-4)7-11-5-6-12(17)8-13(11)18/h5-6,8-9H,7H2,1-4H3,(H,19,20,21). The van der Waals surface area contributed by atoms with Crippen molar-refractivity contribution in [2.24, 2.45) is 0 Å². The second kappa shape index (κ2) is 6.63. The minimum Gasteiger partial charge on any atom is -0.373 e. The number of nitrogens with one attached hydrogen (secondary N) is 1. The molecule has 0 aliphatic carbocycles. The van der Waals surface area contributed by atoms with Gasteiger partial charge >= 0.3 is 0 Å². The highest BCUT2D eigenvalue weighted by Crippen LogP contribution is 2.27. The highest BCUT2D eigenvalue weighted by molar-refractivity contribution is 6.35. The minimum atomic E-state index is 0.376. The van der Waals surface area contributed by atoms with Crippen LogP contribution >= 0.6 is 23.2 Å². The van der Waals surface area contributed by atoms with Gasteiger partial charge in [-0.1, -0.05) is 43.1 Å². The van der Waals surface area contributed by atoms with Crippen LogP contribution in [0.4, 0.5) is 5.82 Å². The Morgan fingerprint density at radius 3 is 2.48 bits per heavy atom. The van der Waals surface area contributed by atoms with E-state index in [1.165, 1.54) is 0 Å². The first-order valence-electron chi connectivity index (χ1n) is 6.91. The summed E-state index contributed by atoms with van der Waals surface area (Å²) in [7, 11) is 1.88. The fourth-order valence-electron chi connectivity index (χ4n) is 2.44. The predicted molar refractivity (Wildman–Crippen MR) is 89.7 cm³/mol. The molecule has 1 heterocycles. The zero-order valence-electron chi connectivity index (χ0n) is 12.7. The van der Waals surface area contributed by atoms with Gasteiger partial charge in [-0.15, -0.1) is 0 Å². The first-order chi connectivity index (χ1) is 9.92. The molecule has 0 radical (unpaired) electrons. The van der Waals surface area contributed by atoms with Gasteiger partial charge in [0, 0.05) is 34.8 Å². The number of benzene rings is 1. The lowest BCUT2D eigenvalue weighted by atomic mass is 10.0. The summed E-state index contributed by atoms with van der Waals surface area (Å²) in [5.74, 6) is 2.02. The second-order valence-electron chi connectivity index (χ2n) is 5.30. The van der Waals surface area contributed by atoms with E-state index in [1.54, 1.807) is 6.07 Å². The molecular formula is C16H19Cl2N3. The minimum absolute atomic E-state index is 0.376. The Morgan fingerprint density at radius 2 is 1.90 bits per heavy atom. The number of anilines is 1. The summed E-state index contributed by atoms with van der Waals surface area (Å²) in [6, 6.07) is 5.49. The molecule has 0 spiro atoms. The van der Waals surface area contributed by atoms with Crippen molar-refractivity contribution < 1.29 is 0 Å². The van der Waals surface area contributed by atoms with Gasteiger partial charge in [0.2, 0.25) is 0 Å². The van der Waals surface area contributed by atoms with Crippen LogP contribution in [0.3, 0.4) is 0 Å². The maximum atomic E-state index is 6.22. The van der Waals surface area contributed by atoms with Gasteiger partial charge in [0.25, 0.3) is 0 Å². The average Bonchev–Trinajstić information content (AvgIpc) is 2.40. The van der Waals surface area contributed by atoms with Crippen molar-refractivity contribution in [3.05, 3.63) is 50.9 Å². The number of hydrogen-bond acceptors (Lipinski definition) is 3. The van der Waals surface area contributed by atoms with Gasteiger partial charge in [0.15, 0.2) is 0 Å². The van der Waals surface area contributed by atoms with Gasteiger partial charge in [-0.25, -0.2) is 9.97 Å². The summed E-state index contributed by atoms with van der Waals surface area (Å²) in [5, 5.41) is 4.44. The molecule has 0 atom stereocenters. The first-order valence-corrected chi connectivity index (χ1v) is 7.67. The topological polar surface area (TPSA) is 37.8 Å². The normalized spacial score (nSPS) is 11.0. The van der Waals surface area contributed by atoms with E-state index in [2.05, 4.69) is 29.1 Å². The lowest BCUT2D eigenvalue weighted by Crippen LogP contribution is -2.09. The second-order valence-corrected chi connectivity index (χ2v) is 6.15. The largest absolute Gasteiger partial charge is 0.373 e. The van der Waals surface area contributed by atoms with Crippen molar-refractivity contribution in [3.8, 4) is 0 Å². The van der Waals surface area contributed by atoms with Crippen molar-refractivity contribution in [2.75, 3.05) is 12.4 Å². The summed E-state index contributed by atoms with van der Waals surface area (Å²) >= 11 is 12.1. The molecule has 3 nitrogen and oxygen atoms in total. The molecule has 1 N–H and O–H groups in total. The lowest BCUT2D eigenvalue weighted by molar-refractivity contribution is 0.814. The monoisotopic (exact) mass is 323 g/mol. The number of aromatic nitrogens is 2. The molecule has 2 aromatic rings. The van der Waals surface area contributed by atoms with Gasteiger partial charge in [-0.05, 0) is 30.5 Å². The Morgan fingerprint density at radius 1 is 1.19 bits per heavy atom. The van der Waals surface area contributed by atoms with Crippen LogP contribution in [0, 0.1) is 6.92 Å². The molecule has 112 valence electrons. The van der Waals surface area contributed by atoms with Crippen molar-refractivity contribution in [3.63, 3.8) is 0 Å². The molecule has 0 fully saturated rings. The van der Waals surface area contributed by atoms with E-state index in [1.807, 2.05) is 26.1 Å². The van der Waals surface area contributed by atoms with Crippen LogP contribution in [0.2, 0.25) is 10.0 Å². The summed E-state index contributed by atoms with van der Waals surface area (Å²) in [6.45, 7) is 6.30. The Balaban J connectivity index is 2.39. The summed E-state index contributed by atoms with van der Waals surface area (Å²) in [4.78, 5) is 9.24. The molecule has 0 saturated carbocycles. The highest BCUT2D eigenvalue weighted by atomic mass is 35.5. The van der Waals surface area contributed by atoms with Crippen LogP contribution in [-0.2, 0) is 6.42 Å². The number of rotatable bonds is 4. The molecule has 5 heteroatoms. The maximum Gasteiger partial charge on any atom is 0.135 e. The van der Waals surface area contributed by atoms with E-state index in [0.29, 0.717) is 22.4 Å². The molecule has 0 aliphatic rings. The van der Waals surface area contributed by atoms with E-state index in [-0.39, 0.29) is 0 Å². The molecule has 0 saturated heterocycles. The Labute approximate surface area is 135 Å². The van der Waals surface area contributed by atoms with Gasteiger partial charge in [-0.3, -0.25) is 0 Å². The van der Waals surface area contributed by atoms with Crippen LogP contribution in [0.1, 0.15) is 42.4 Å². The first kappa shape index (κ1) is 16.1. The van der Waals surface area contributed by atoms with Crippen LogP contribution in [0.15, 0.2) is 18.2 Å². The SMILES string of the molecule is CNc1nc(Cc2ccc(Cl)cc2Cl)nc(C)c1C(C)C. The maximum absolute atomic E-state index is 6.22. The smallest absolute Gasteiger partial charge is 0.135 e.